The van der Waals surface area contributed by atoms with Crippen LogP contribution in [0.25, 0.3) is 0 Å². The maximum Gasteiger partial charge on any atom is 0.324 e. The summed E-state index contributed by atoms with van der Waals surface area (Å²) in [6.07, 6.45) is 2.04. The molecule has 0 aliphatic carbocycles. The lowest BCUT2D eigenvalue weighted by atomic mass is 9.89. The van der Waals surface area contributed by atoms with Crippen molar-refractivity contribution < 1.29 is 14.0 Å². The quantitative estimate of drug-likeness (QED) is 0.859. The first-order valence-electron chi connectivity index (χ1n) is 7.69. The molecule has 0 spiro atoms. The lowest BCUT2D eigenvalue weighted by Gasteiger charge is -2.32. The number of likely N-dealkylation sites (tertiary alicyclic amines) is 1. The molecule has 2 heterocycles. The Kier molecular flexibility index (Phi) is 4.38. The van der Waals surface area contributed by atoms with Gasteiger partial charge >= 0.3 is 6.03 Å². The number of carbonyl (C=O) groups excluding carboxylic acids is 2. The molecular formula is C16H20FN3O2. The van der Waals surface area contributed by atoms with Gasteiger partial charge in [-0.1, -0.05) is 12.1 Å². The smallest absolute Gasteiger partial charge is 0.324 e. The largest absolute Gasteiger partial charge is 0.329 e. The summed E-state index contributed by atoms with van der Waals surface area (Å²) < 4.78 is 13.0. The molecule has 22 heavy (non-hydrogen) atoms. The Morgan fingerprint density at radius 2 is 1.77 bits per heavy atom. The van der Waals surface area contributed by atoms with Crippen molar-refractivity contribution in [3.05, 3.63) is 35.6 Å². The van der Waals surface area contributed by atoms with Crippen molar-refractivity contribution >= 4 is 11.9 Å². The Morgan fingerprint density at radius 1 is 1.09 bits per heavy atom. The Morgan fingerprint density at radius 3 is 2.36 bits per heavy atom. The molecule has 1 N–H and O–H groups in total. The average molecular weight is 305 g/mol. The van der Waals surface area contributed by atoms with Gasteiger partial charge in [0.05, 0.1) is 6.54 Å². The fourth-order valence-electron chi connectivity index (χ4n) is 3.15. The van der Waals surface area contributed by atoms with Gasteiger partial charge in [-0.05, 0) is 49.5 Å². The van der Waals surface area contributed by atoms with Gasteiger partial charge in [-0.15, -0.1) is 0 Å². The minimum Gasteiger partial charge on any atom is -0.329 e. The van der Waals surface area contributed by atoms with Gasteiger partial charge in [-0.2, -0.15) is 0 Å². The number of urea groups is 1. The van der Waals surface area contributed by atoms with Gasteiger partial charge in [0.2, 0.25) is 5.91 Å². The van der Waals surface area contributed by atoms with Crippen molar-refractivity contribution in [3.63, 3.8) is 0 Å². The Balaban J connectivity index is 1.46. The molecule has 3 rings (SSSR count). The second-order valence-electron chi connectivity index (χ2n) is 5.87. The molecule has 0 saturated carbocycles. The minimum atomic E-state index is -0.286. The molecule has 3 amide bonds. The highest BCUT2D eigenvalue weighted by Gasteiger charge is 2.29. The van der Waals surface area contributed by atoms with Crippen LogP contribution in [0.15, 0.2) is 24.3 Å². The van der Waals surface area contributed by atoms with E-state index in [0.717, 1.165) is 32.5 Å². The fourth-order valence-corrected chi connectivity index (χ4v) is 3.15. The first-order chi connectivity index (χ1) is 10.6. The maximum absolute atomic E-state index is 13.0. The number of halogens is 1. The number of amides is 3. The molecule has 2 aliphatic heterocycles. The third kappa shape index (κ3) is 3.27. The van der Waals surface area contributed by atoms with Crippen LogP contribution in [0, 0.1) is 5.82 Å². The van der Waals surface area contributed by atoms with Crippen LogP contribution in [0.2, 0.25) is 0 Å². The van der Waals surface area contributed by atoms with Crippen LogP contribution in [0.5, 0.6) is 0 Å². The Bertz CT molecular complexity index is 537. The SMILES string of the molecule is O=C1CNC(=O)N1CCN1CCC(c2ccc(F)cc2)CC1. The average Bonchev–Trinajstić information content (AvgIpc) is 2.85. The Labute approximate surface area is 129 Å². The molecule has 0 unspecified atom stereocenters. The maximum atomic E-state index is 13.0. The van der Waals surface area contributed by atoms with Gasteiger partial charge in [0.15, 0.2) is 0 Å². The van der Waals surface area contributed by atoms with Crippen LogP contribution < -0.4 is 5.32 Å². The number of imide groups is 1. The molecule has 0 atom stereocenters. The molecular weight excluding hydrogens is 285 g/mol. The predicted molar refractivity (Wildman–Crippen MR) is 79.9 cm³/mol. The number of rotatable bonds is 4. The third-order valence-electron chi connectivity index (χ3n) is 4.51. The van der Waals surface area contributed by atoms with E-state index in [2.05, 4.69) is 10.2 Å². The van der Waals surface area contributed by atoms with E-state index < -0.39 is 0 Å². The van der Waals surface area contributed by atoms with Crippen LogP contribution in [0.3, 0.4) is 0 Å². The summed E-state index contributed by atoms with van der Waals surface area (Å²) in [6, 6.07) is 6.47. The summed E-state index contributed by atoms with van der Waals surface area (Å²) in [4.78, 5) is 26.5. The van der Waals surface area contributed by atoms with Crippen LogP contribution in [-0.4, -0.2) is 54.5 Å². The van der Waals surface area contributed by atoms with Gasteiger partial charge in [-0.3, -0.25) is 9.69 Å². The van der Waals surface area contributed by atoms with Crippen LogP contribution in [-0.2, 0) is 4.79 Å². The predicted octanol–water partition coefficient (Wildman–Crippen LogP) is 1.56. The van der Waals surface area contributed by atoms with Gasteiger partial charge in [0.1, 0.15) is 5.82 Å². The standard InChI is InChI=1S/C16H20FN3O2/c17-14-3-1-12(2-4-14)13-5-7-19(8-6-13)9-10-20-15(21)11-18-16(20)22/h1-4,13H,5-11H2,(H,18,22). The molecule has 5 nitrogen and oxygen atoms in total. The first-order valence-corrected chi connectivity index (χ1v) is 7.69. The highest BCUT2D eigenvalue weighted by atomic mass is 19.1. The number of benzene rings is 1. The van der Waals surface area contributed by atoms with Crippen LogP contribution in [0.4, 0.5) is 9.18 Å². The molecule has 1 aromatic rings. The van der Waals surface area contributed by atoms with E-state index in [9.17, 15) is 14.0 Å². The van der Waals surface area contributed by atoms with Gasteiger partial charge < -0.3 is 10.2 Å². The summed E-state index contributed by atoms with van der Waals surface area (Å²) in [5, 5.41) is 2.53. The number of nitrogens with zero attached hydrogens (tertiary/aromatic N) is 2. The van der Waals surface area contributed by atoms with Crippen LogP contribution >= 0.6 is 0 Å². The molecule has 6 heteroatoms. The summed E-state index contributed by atoms with van der Waals surface area (Å²) in [6.45, 7) is 3.16. The van der Waals surface area contributed by atoms with E-state index in [4.69, 9.17) is 0 Å². The van der Waals surface area contributed by atoms with E-state index in [0.29, 0.717) is 12.5 Å². The molecule has 0 aromatic heterocycles. The highest BCUT2D eigenvalue weighted by molar-refractivity contribution is 6.01. The number of piperidine rings is 1. The van der Waals surface area contributed by atoms with Crippen molar-refractivity contribution in [3.8, 4) is 0 Å². The van der Waals surface area contributed by atoms with Gasteiger partial charge in [0, 0.05) is 13.1 Å². The topological polar surface area (TPSA) is 52.7 Å². The zero-order valence-electron chi connectivity index (χ0n) is 12.4. The number of hydrogen-bond acceptors (Lipinski definition) is 3. The lowest BCUT2D eigenvalue weighted by Crippen LogP contribution is -2.41. The third-order valence-corrected chi connectivity index (χ3v) is 4.51. The zero-order valence-corrected chi connectivity index (χ0v) is 12.4. The Hall–Kier alpha value is -1.95. The monoisotopic (exact) mass is 305 g/mol. The number of hydrogen-bond donors (Lipinski definition) is 1. The van der Waals surface area contributed by atoms with E-state index in [-0.39, 0.29) is 24.3 Å². The molecule has 2 saturated heterocycles. The minimum absolute atomic E-state index is 0.117. The molecule has 2 aliphatic rings. The van der Waals surface area contributed by atoms with E-state index in [1.54, 1.807) is 0 Å². The highest BCUT2D eigenvalue weighted by Crippen LogP contribution is 2.27. The molecule has 0 radical (unpaired) electrons. The van der Waals surface area contributed by atoms with E-state index in [1.807, 2.05) is 12.1 Å². The van der Waals surface area contributed by atoms with E-state index in [1.165, 1.54) is 22.6 Å². The van der Waals surface area contributed by atoms with Crippen molar-refractivity contribution in [2.24, 2.45) is 0 Å². The molecule has 0 bridgehead atoms. The lowest BCUT2D eigenvalue weighted by molar-refractivity contribution is -0.125. The molecule has 118 valence electrons. The number of nitrogens with one attached hydrogen (secondary N) is 1. The van der Waals surface area contributed by atoms with Gasteiger partial charge in [0.25, 0.3) is 0 Å². The zero-order chi connectivity index (χ0) is 15.5. The molecule has 1 aromatic carbocycles. The molecule has 2 fully saturated rings. The van der Waals surface area contributed by atoms with Crippen molar-refractivity contribution in [1.82, 2.24) is 15.1 Å². The summed E-state index contributed by atoms with van der Waals surface area (Å²) in [5.74, 6) is 0.120. The summed E-state index contributed by atoms with van der Waals surface area (Å²) in [5.41, 5.74) is 1.19. The summed E-state index contributed by atoms with van der Waals surface area (Å²) in [7, 11) is 0. The number of carbonyl (C=O) groups is 2. The first kappa shape index (κ1) is 15.0. The summed E-state index contributed by atoms with van der Waals surface area (Å²) >= 11 is 0. The van der Waals surface area contributed by atoms with Crippen molar-refractivity contribution in [2.75, 3.05) is 32.7 Å². The van der Waals surface area contributed by atoms with Crippen molar-refractivity contribution in [1.29, 1.82) is 0 Å². The fraction of sp³-hybridized carbons (Fsp3) is 0.500. The van der Waals surface area contributed by atoms with E-state index >= 15 is 0 Å². The van der Waals surface area contributed by atoms with Gasteiger partial charge in [-0.25, -0.2) is 9.18 Å². The second-order valence-corrected chi connectivity index (χ2v) is 5.87. The van der Waals surface area contributed by atoms with Crippen LogP contribution in [0.1, 0.15) is 24.3 Å². The second kappa shape index (κ2) is 6.44. The van der Waals surface area contributed by atoms with Crippen molar-refractivity contribution in [2.45, 2.75) is 18.8 Å². The normalized spacial score (nSPS) is 20.5.